The second-order valence-corrected chi connectivity index (χ2v) is 4.08. The SMILES string of the molecule is CC(O)CCCNC(C)c1ccccc1. The van der Waals surface area contributed by atoms with Gasteiger partial charge in [0, 0.05) is 6.04 Å². The average Bonchev–Trinajstić information content (AvgIpc) is 2.25. The summed E-state index contributed by atoms with van der Waals surface area (Å²) in [5.41, 5.74) is 1.31. The van der Waals surface area contributed by atoms with Gasteiger partial charge in [0.25, 0.3) is 0 Å². The van der Waals surface area contributed by atoms with Crippen molar-refractivity contribution >= 4 is 0 Å². The van der Waals surface area contributed by atoms with E-state index in [0.717, 1.165) is 19.4 Å². The summed E-state index contributed by atoms with van der Waals surface area (Å²) in [6, 6.07) is 10.8. The Morgan fingerprint density at radius 3 is 2.47 bits per heavy atom. The van der Waals surface area contributed by atoms with E-state index in [1.165, 1.54) is 5.56 Å². The predicted molar refractivity (Wildman–Crippen MR) is 63.8 cm³/mol. The topological polar surface area (TPSA) is 32.3 Å². The highest BCUT2D eigenvalue weighted by molar-refractivity contribution is 5.17. The first-order valence-electron chi connectivity index (χ1n) is 5.66. The van der Waals surface area contributed by atoms with Crippen molar-refractivity contribution in [2.45, 2.75) is 38.8 Å². The molecule has 0 saturated carbocycles. The summed E-state index contributed by atoms with van der Waals surface area (Å²) in [5, 5.41) is 12.6. The lowest BCUT2D eigenvalue weighted by atomic mass is 10.1. The molecule has 2 atom stereocenters. The van der Waals surface area contributed by atoms with Crippen molar-refractivity contribution in [2.75, 3.05) is 6.54 Å². The minimum Gasteiger partial charge on any atom is -0.393 e. The zero-order valence-electron chi connectivity index (χ0n) is 9.61. The first kappa shape index (κ1) is 12.2. The van der Waals surface area contributed by atoms with E-state index in [0.29, 0.717) is 6.04 Å². The maximum Gasteiger partial charge on any atom is 0.0512 e. The second kappa shape index (κ2) is 6.59. The lowest BCUT2D eigenvalue weighted by molar-refractivity contribution is 0.181. The number of aliphatic hydroxyl groups excluding tert-OH is 1. The van der Waals surface area contributed by atoms with Crippen LogP contribution in [0.3, 0.4) is 0 Å². The molecule has 2 N–H and O–H groups in total. The molecule has 0 aliphatic heterocycles. The Balaban J connectivity index is 2.22. The Morgan fingerprint density at radius 1 is 1.20 bits per heavy atom. The zero-order valence-corrected chi connectivity index (χ0v) is 9.61. The maximum absolute atomic E-state index is 9.11. The van der Waals surface area contributed by atoms with Crippen LogP contribution in [0.25, 0.3) is 0 Å². The number of aliphatic hydroxyl groups is 1. The molecular weight excluding hydrogens is 186 g/mol. The largest absolute Gasteiger partial charge is 0.393 e. The third-order valence-electron chi connectivity index (χ3n) is 2.55. The molecule has 0 radical (unpaired) electrons. The van der Waals surface area contributed by atoms with Crippen LogP contribution in [0.5, 0.6) is 0 Å². The van der Waals surface area contributed by atoms with Crippen LogP contribution in [0.15, 0.2) is 30.3 Å². The van der Waals surface area contributed by atoms with Crippen LogP contribution in [-0.2, 0) is 0 Å². The number of nitrogens with one attached hydrogen (secondary N) is 1. The molecule has 15 heavy (non-hydrogen) atoms. The molecule has 0 fully saturated rings. The van der Waals surface area contributed by atoms with E-state index in [1.54, 1.807) is 0 Å². The first-order valence-corrected chi connectivity index (χ1v) is 5.66. The molecule has 0 saturated heterocycles. The molecule has 0 aliphatic rings. The minimum absolute atomic E-state index is 0.182. The third kappa shape index (κ3) is 4.96. The summed E-state index contributed by atoms with van der Waals surface area (Å²) in [6.45, 7) is 4.96. The van der Waals surface area contributed by atoms with Gasteiger partial charge in [-0.2, -0.15) is 0 Å². The van der Waals surface area contributed by atoms with Crippen LogP contribution in [-0.4, -0.2) is 17.8 Å². The van der Waals surface area contributed by atoms with Crippen LogP contribution in [0.1, 0.15) is 38.3 Å². The number of hydrogen-bond donors (Lipinski definition) is 2. The first-order chi connectivity index (χ1) is 7.20. The average molecular weight is 207 g/mol. The lowest BCUT2D eigenvalue weighted by Crippen LogP contribution is -2.20. The fraction of sp³-hybridized carbons (Fsp3) is 0.538. The molecule has 0 spiro atoms. The van der Waals surface area contributed by atoms with E-state index in [9.17, 15) is 0 Å². The third-order valence-corrected chi connectivity index (χ3v) is 2.55. The van der Waals surface area contributed by atoms with E-state index >= 15 is 0 Å². The van der Waals surface area contributed by atoms with E-state index in [4.69, 9.17) is 5.11 Å². The van der Waals surface area contributed by atoms with Gasteiger partial charge in [-0.25, -0.2) is 0 Å². The Labute approximate surface area is 92.3 Å². The van der Waals surface area contributed by atoms with Crippen molar-refractivity contribution in [1.29, 1.82) is 0 Å². The van der Waals surface area contributed by atoms with E-state index in [2.05, 4.69) is 36.5 Å². The second-order valence-electron chi connectivity index (χ2n) is 4.08. The van der Waals surface area contributed by atoms with Gasteiger partial charge in [-0.3, -0.25) is 0 Å². The molecule has 2 unspecified atom stereocenters. The highest BCUT2D eigenvalue weighted by Crippen LogP contribution is 2.10. The monoisotopic (exact) mass is 207 g/mol. The Hall–Kier alpha value is -0.860. The van der Waals surface area contributed by atoms with Gasteiger partial charge in [-0.05, 0) is 38.8 Å². The van der Waals surface area contributed by atoms with Crippen LogP contribution >= 0.6 is 0 Å². The van der Waals surface area contributed by atoms with Gasteiger partial charge in [0.15, 0.2) is 0 Å². The summed E-state index contributed by atoms with van der Waals surface area (Å²) in [5.74, 6) is 0. The maximum atomic E-state index is 9.11. The van der Waals surface area contributed by atoms with Gasteiger partial charge in [-0.1, -0.05) is 30.3 Å². The fourth-order valence-electron chi connectivity index (χ4n) is 1.58. The summed E-state index contributed by atoms with van der Waals surface area (Å²) in [4.78, 5) is 0. The van der Waals surface area contributed by atoms with E-state index in [-0.39, 0.29) is 6.10 Å². The van der Waals surface area contributed by atoms with E-state index < -0.39 is 0 Å². The van der Waals surface area contributed by atoms with Crippen LogP contribution in [0.4, 0.5) is 0 Å². The van der Waals surface area contributed by atoms with Crippen LogP contribution < -0.4 is 5.32 Å². The van der Waals surface area contributed by atoms with Crippen molar-refractivity contribution < 1.29 is 5.11 Å². The molecule has 1 aromatic carbocycles. The Morgan fingerprint density at radius 2 is 1.87 bits per heavy atom. The summed E-state index contributed by atoms with van der Waals surface area (Å²) in [7, 11) is 0. The molecule has 1 aromatic rings. The number of rotatable bonds is 6. The van der Waals surface area contributed by atoms with Crippen molar-refractivity contribution in [3.8, 4) is 0 Å². The van der Waals surface area contributed by atoms with Crippen molar-refractivity contribution in [3.05, 3.63) is 35.9 Å². The highest BCUT2D eigenvalue weighted by Gasteiger charge is 2.03. The van der Waals surface area contributed by atoms with Gasteiger partial charge in [0.1, 0.15) is 0 Å². The van der Waals surface area contributed by atoms with E-state index in [1.807, 2.05) is 13.0 Å². The van der Waals surface area contributed by atoms with Crippen molar-refractivity contribution in [3.63, 3.8) is 0 Å². The Kier molecular flexibility index (Phi) is 5.37. The molecular formula is C13H21NO. The molecule has 0 heterocycles. The highest BCUT2D eigenvalue weighted by atomic mass is 16.3. The molecule has 0 bridgehead atoms. The number of benzene rings is 1. The van der Waals surface area contributed by atoms with Crippen molar-refractivity contribution in [1.82, 2.24) is 5.32 Å². The zero-order chi connectivity index (χ0) is 11.1. The smallest absolute Gasteiger partial charge is 0.0512 e. The minimum atomic E-state index is -0.182. The van der Waals surface area contributed by atoms with Gasteiger partial charge in [0.05, 0.1) is 6.10 Å². The molecule has 0 aromatic heterocycles. The van der Waals surface area contributed by atoms with Gasteiger partial charge in [-0.15, -0.1) is 0 Å². The molecule has 1 rings (SSSR count). The summed E-state index contributed by atoms with van der Waals surface area (Å²) in [6.07, 6.45) is 1.71. The predicted octanol–water partition coefficient (Wildman–Crippen LogP) is 2.50. The molecule has 2 heteroatoms. The quantitative estimate of drug-likeness (QED) is 0.702. The molecule has 0 amide bonds. The van der Waals surface area contributed by atoms with Crippen LogP contribution in [0.2, 0.25) is 0 Å². The summed E-state index contributed by atoms with van der Waals surface area (Å²) >= 11 is 0. The normalized spacial score (nSPS) is 14.9. The molecule has 84 valence electrons. The Bertz CT molecular complexity index is 258. The summed E-state index contributed by atoms with van der Waals surface area (Å²) < 4.78 is 0. The van der Waals surface area contributed by atoms with Gasteiger partial charge in [0.2, 0.25) is 0 Å². The number of hydrogen-bond acceptors (Lipinski definition) is 2. The standard InChI is InChI=1S/C13H21NO/c1-11(15)7-6-10-14-12(2)13-8-4-3-5-9-13/h3-5,8-9,11-12,14-15H,6-7,10H2,1-2H3. The van der Waals surface area contributed by atoms with Crippen molar-refractivity contribution in [2.24, 2.45) is 0 Å². The van der Waals surface area contributed by atoms with Gasteiger partial charge >= 0.3 is 0 Å². The molecule has 2 nitrogen and oxygen atoms in total. The molecule has 0 aliphatic carbocycles. The van der Waals surface area contributed by atoms with Gasteiger partial charge < -0.3 is 10.4 Å². The fourth-order valence-corrected chi connectivity index (χ4v) is 1.58. The van der Waals surface area contributed by atoms with Crippen LogP contribution in [0, 0.1) is 0 Å². The lowest BCUT2D eigenvalue weighted by Gasteiger charge is -2.14.